The molecule has 190 valence electrons. The quantitative estimate of drug-likeness (QED) is 0.331. The summed E-state index contributed by atoms with van der Waals surface area (Å²) in [5.41, 5.74) is 17.0. The van der Waals surface area contributed by atoms with Crippen LogP contribution in [0.1, 0.15) is 17.2 Å². The van der Waals surface area contributed by atoms with E-state index in [9.17, 15) is 4.79 Å². The van der Waals surface area contributed by atoms with E-state index in [0.717, 1.165) is 43.1 Å². The molecular weight excluding hydrogens is 464 g/mol. The lowest BCUT2D eigenvalue weighted by atomic mass is 10.1. The van der Waals surface area contributed by atoms with Crippen LogP contribution in [0.25, 0.3) is 5.70 Å². The number of nitrogens with one attached hydrogen (secondary N) is 2. The van der Waals surface area contributed by atoms with Gasteiger partial charge in [-0.05, 0) is 53.6 Å². The monoisotopic (exact) mass is 496 g/mol. The fourth-order valence-corrected chi connectivity index (χ4v) is 3.86. The first-order chi connectivity index (χ1) is 18.0. The predicted octanol–water partition coefficient (Wildman–Crippen LogP) is 4.12. The summed E-state index contributed by atoms with van der Waals surface area (Å²) >= 11 is 0. The number of morpholine rings is 1. The Balaban J connectivity index is 1.27. The Morgan fingerprint density at radius 1 is 0.946 bits per heavy atom. The van der Waals surface area contributed by atoms with Crippen molar-refractivity contribution in [3.8, 4) is 0 Å². The zero-order chi connectivity index (χ0) is 26.0. The van der Waals surface area contributed by atoms with Crippen LogP contribution in [0.4, 0.5) is 17.1 Å². The second-order valence-electron chi connectivity index (χ2n) is 8.57. The van der Waals surface area contributed by atoms with Crippen molar-refractivity contribution in [2.75, 3.05) is 41.8 Å². The topological polar surface area (TPSA) is 118 Å². The van der Waals surface area contributed by atoms with Gasteiger partial charge in [-0.15, -0.1) is 0 Å². The average molecular weight is 497 g/mol. The van der Waals surface area contributed by atoms with Gasteiger partial charge < -0.3 is 31.7 Å². The van der Waals surface area contributed by atoms with E-state index in [-0.39, 0.29) is 5.91 Å². The summed E-state index contributed by atoms with van der Waals surface area (Å²) in [5.74, 6) is 0.215. The third-order valence-corrected chi connectivity index (χ3v) is 5.94. The van der Waals surface area contributed by atoms with Crippen LogP contribution in [0.15, 0.2) is 102 Å². The third-order valence-electron chi connectivity index (χ3n) is 5.94. The van der Waals surface area contributed by atoms with E-state index in [1.165, 1.54) is 5.69 Å². The van der Waals surface area contributed by atoms with Gasteiger partial charge in [0, 0.05) is 42.1 Å². The fourth-order valence-electron chi connectivity index (χ4n) is 3.86. The molecule has 0 spiro atoms. The zero-order valence-corrected chi connectivity index (χ0v) is 20.6. The summed E-state index contributed by atoms with van der Waals surface area (Å²) in [6, 6.07) is 23.9. The molecule has 1 amide bonds. The van der Waals surface area contributed by atoms with Crippen LogP contribution in [0, 0.1) is 0 Å². The Hall–Kier alpha value is -4.40. The molecule has 8 nitrogen and oxygen atoms in total. The van der Waals surface area contributed by atoms with Gasteiger partial charge in [-0.25, -0.2) is 4.99 Å². The summed E-state index contributed by atoms with van der Waals surface area (Å²) in [4.78, 5) is 19.1. The molecule has 0 bridgehead atoms. The number of aliphatic imine (C=N–C) groups is 1. The van der Waals surface area contributed by atoms with Crippen LogP contribution in [-0.2, 0) is 9.53 Å². The van der Waals surface area contributed by atoms with Gasteiger partial charge in [-0.3, -0.25) is 4.79 Å². The second-order valence-corrected chi connectivity index (χ2v) is 8.57. The van der Waals surface area contributed by atoms with E-state index >= 15 is 0 Å². The number of allylic oxidation sites excluding steroid dienone is 1. The minimum Gasteiger partial charge on any atom is -0.398 e. The predicted molar refractivity (Wildman–Crippen MR) is 151 cm³/mol. The Bertz CT molecular complexity index is 1250. The molecule has 37 heavy (non-hydrogen) atoms. The molecule has 0 unspecified atom stereocenters. The number of hydrogen-bond donors (Lipinski definition) is 4. The molecule has 1 atom stereocenters. The Labute approximate surface area is 217 Å². The van der Waals surface area contributed by atoms with Crippen molar-refractivity contribution in [1.29, 1.82) is 0 Å². The molecule has 4 rings (SSSR count). The number of hydrogen-bond acceptors (Lipinski definition) is 7. The average Bonchev–Trinajstić information content (AvgIpc) is 2.94. The van der Waals surface area contributed by atoms with Crippen molar-refractivity contribution in [3.63, 3.8) is 0 Å². The van der Waals surface area contributed by atoms with Crippen molar-refractivity contribution < 1.29 is 9.53 Å². The maximum Gasteiger partial charge on any atom is 0.245 e. The first kappa shape index (κ1) is 25.7. The smallest absolute Gasteiger partial charge is 0.245 e. The largest absolute Gasteiger partial charge is 0.398 e. The van der Waals surface area contributed by atoms with Crippen molar-refractivity contribution >= 4 is 34.9 Å². The van der Waals surface area contributed by atoms with Gasteiger partial charge in [0.2, 0.25) is 5.91 Å². The molecule has 0 saturated carbocycles. The zero-order valence-electron chi connectivity index (χ0n) is 20.6. The van der Waals surface area contributed by atoms with Crippen molar-refractivity contribution in [2.45, 2.75) is 6.04 Å². The Morgan fingerprint density at radius 3 is 2.24 bits per heavy atom. The van der Waals surface area contributed by atoms with Gasteiger partial charge in [0.05, 0.1) is 13.2 Å². The van der Waals surface area contributed by atoms with Crippen LogP contribution in [0.2, 0.25) is 0 Å². The van der Waals surface area contributed by atoms with Gasteiger partial charge in [0.1, 0.15) is 11.9 Å². The lowest BCUT2D eigenvalue weighted by molar-refractivity contribution is -0.117. The van der Waals surface area contributed by atoms with E-state index in [0.29, 0.717) is 17.2 Å². The van der Waals surface area contributed by atoms with Crippen LogP contribution in [0.3, 0.4) is 0 Å². The molecule has 1 heterocycles. The molecule has 0 aliphatic carbocycles. The highest BCUT2D eigenvalue weighted by molar-refractivity contribution is 5.95. The number of carbonyl (C=O) groups excluding carboxylic acids is 1. The Kier molecular flexibility index (Phi) is 8.70. The number of nitrogens with two attached hydrogens (primary N) is 2. The third kappa shape index (κ3) is 7.30. The minimum atomic E-state index is -0.744. The first-order valence-electron chi connectivity index (χ1n) is 12.1. The number of ether oxygens (including phenoxy) is 1. The van der Waals surface area contributed by atoms with Crippen LogP contribution >= 0.6 is 0 Å². The maximum absolute atomic E-state index is 12.4. The molecule has 3 aromatic rings. The lowest BCUT2D eigenvalue weighted by Gasteiger charge is -2.28. The molecule has 1 fully saturated rings. The summed E-state index contributed by atoms with van der Waals surface area (Å²) in [7, 11) is 0. The van der Waals surface area contributed by atoms with Crippen molar-refractivity contribution in [3.05, 3.63) is 108 Å². The van der Waals surface area contributed by atoms with Crippen LogP contribution in [0.5, 0.6) is 0 Å². The van der Waals surface area contributed by atoms with Gasteiger partial charge in [-0.1, -0.05) is 49.0 Å². The second kappa shape index (κ2) is 12.5. The van der Waals surface area contributed by atoms with E-state index in [4.69, 9.17) is 16.2 Å². The molecule has 3 aromatic carbocycles. The van der Waals surface area contributed by atoms with E-state index in [1.807, 2.05) is 54.6 Å². The standard InChI is InChI=1S/C29H32N6O2/c1-21(33-24-11-13-26(14-12-24)35-17-19-37-20-18-35)32-16-15-27(30)22-7-9-25(10-8-22)34-29(36)28(31)23-5-3-2-4-6-23/h2-16,28,33H,1,17-20,30-31H2,(H,34,36)/b27-15-,32-16?/t28-/m0/s1. The van der Waals surface area contributed by atoms with Gasteiger partial charge in [0.25, 0.3) is 0 Å². The number of carbonyl (C=O) groups is 1. The highest BCUT2D eigenvalue weighted by Crippen LogP contribution is 2.20. The van der Waals surface area contributed by atoms with E-state index < -0.39 is 6.04 Å². The number of benzene rings is 3. The van der Waals surface area contributed by atoms with Crippen molar-refractivity contribution in [2.24, 2.45) is 16.5 Å². The summed E-state index contributed by atoms with van der Waals surface area (Å²) in [5, 5.41) is 6.01. The fraction of sp³-hybridized carbons (Fsp3) is 0.172. The summed E-state index contributed by atoms with van der Waals surface area (Å²) in [6.07, 6.45) is 3.30. The molecule has 8 heteroatoms. The SMILES string of the molecule is C=C(N=C/C=C(\N)c1ccc(NC(=O)[C@@H](N)c2ccccc2)cc1)Nc1ccc(N2CCOCC2)cc1. The summed E-state index contributed by atoms with van der Waals surface area (Å²) in [6.45, 7) is 7.26. The molecular formula is C29H32N6O2. The molecule has 1 aliphatic heterocycles. The summed E-state index contributed by atoms with van der Waals surface area (Å²) < 4.78 is 5.41. The highest BCUT2D eigenvalue weighted by atomic mass is 16.5. The molecule has 1 aliphatic rings. The van der Waals surface area contributed by atoms with Gasteiger partial charge in [-0.2, -0.15) is 0 Å². The molecule has 6 N–H and O–H groups in total. The normalized spacial score (nSPS) is 14.8. The highest BCUT2D eigenvalue weighted by Gasteiger charge is 2.15. The van der Waals surface area contributed by atoms with Gasteiger partial charge in [0.15, 0.2) is 0 Å². The number of anilines is 3. The van der Waals surface area contributed by atoms with Crippen molar-refractivity contribution in [1.82, 2.24) is 0 Å². The van der Waals surface area contributed by atoms with Crippen LogP contribution in [-0.4, -0.2) is 38.4 Å². The minimum absolute atomic E-state index is 0.281. The maximum atomic E-state index is 12.4. The number of rotatable bonds is 9. The lowest BCUT2D eigenvalue weighted by Crippen LogP contribution is -2.36. The van der Waals surface area contributed by atoms with Gasteiger partial charge >= 0.3 is 0 Å². The van der Waals surface area contributed by atoms with E-state index in [1.54, 1.807) is 24.4 Å². The number of nitrogens with zero attached hydrogens (tertiary/aromatic N) is 2. The van der Waals surface area contributed by atoms with E-state index in [2.05, 4.69) is 39.2 Å². The Morgan fingerprint density at radius 2 is 1.57 bits per heavy atom. The molecule has 0 radical (unpaired) electrons. The first-order valence-corrected chi connectivity index (χ1v) is 12.1. The van der Waals surface area contributed by atoms with Crippen LogP contribution < -0.4 is 27.0 Å². The molecule has 1 saturated heterocycles. The molecule has 0 aromatic heterocycles. The number of amides is 1.